The van der Waals surface area contributed by atoms with Crippen molar-refractivity contribution in [2.45, 2.75) is 19.4 Å². The third kappa shape index (κ3) is 3.98. The van der Waals surface area contributed by atoms with Crippen molar-refractivity contribution in [3.05, 3.63) is 77.5 Å². The number of methoxy groups -OCH3 is 1. The van der Waals surface area contributed by atoms with Gasteiger partial charge in [-0.15, -0.1) is 0 Å². The molecular formula is C26H23N5O. The van der Waals surface area contributed by atoms with Crippen molar-refractivity contribution in [1.29, 1.82) is 5.26 Å². The van der Waals surface area contributed by atoms with Gasteiger partial charge in [0, 0.05) is 18.1 Å². The van der Waals surface area contributed by atoms with Crippen LogP contribution in [0.4, 0.5) is 11.6 Å². The zero-order valence-corrected chi connectivity index (χ0v) is 17.9. The largest absolute Gasteiger partial charge is 0.495 e. The summed E-state index contributed by atoms with van der Waals surface area (Å²) in [6.45, 7) is 1.83. The van der Waals surface area contributed by atoms with Gasteiger partial charge in [0.15, 0.2) is 0 Å². The maximum atomic E-state index is 8.99. The van der Waals surface area contributed by atoms with E-state index < -0.39 is 0 Å². The van der Waals surface area contributed by atoms with Gasteiger partial charge in [0.25, 0.3) is 0 Å². The number of hydrogen-bond donors (Lipinski definition) is 2. The molecule has 6 nitrogen and oxygen atoms in total. The smallest absolute Gasteiger partial charge is 0.227 e. The topological polar surface area (TPSA) is 82.9 Å². The van der Waals surface area contributed by atoms with Crippen LogP contribution in [-0.4, -0.2) is 23.6 Å². The van der Waals surface area contributed by atoms with Gasteiger partial charge in [0.1, 0.15) is 5.75 Å². The summed E-state index contributed by atoms with van der Waals surface area (Å²) in [6, 6.07) is 20.6. The first-order valence-electron chi connectivity index (χ1n) is 10.6. The summed E-state index contributed by atoms with van der Waals surface area (Å²) in [7, 11) is 1.68. The second kappa shape index (κ2) is 8.66. The summed E-state index contributed by atoms with van der Waals surface area (Å²) in [5.41, 5.74) is 7.41. The second-order valence-corrected chi connectivity index (χ2v) is 7.88. The predicted octanol–water partition coefficient (Wildman–Crippen LogP) is 4.76. The van der Waals surface area contributed by atoms with E-state index >= 15 is 0 Å². The summed E-state index contributed by atoms with van der Waals surface area (Å²) < 4.78 is 5.62. The van der Waals surface area contributed by atoms with Gasteiger partial charge < -0.3 is 15.4 Å². The van der Waals surface area contributed by atoms with Crippen molar-refractivity contribution >= 4 is 22.5 Å². The second-order valence-electron chi connectivity index (χ2n) is 7.88. The van der Waals surface area contributed by atoms with Crippen LogP contribution in [0, 0.1) is 11.3 Å². The molecule has 0 aliphatic carbocycles. The molecule has 2 N–H and O–H groups in total. The molecule has 5 rings (SSSR count). The van der Waals surface area contributed by atoms with Crippen LogP contribution >= 0.6 is 0 Å². The molecule has 1 aromatic heterocycles. The van der Waals surface area contributed by atoms with Crippen LogP contribution in [0.3, 0.4) is 0 Å². The SMILES string of the molecule is COc1cc2c(cc1Nc1ncc3ccc(-c4cccc(CC#N)c4)cc3n1)CNCC2. The lowest BCUT2D eigenvalue weighted by Gasteiger charge is -2.20. The van der Waals surface area contributed by atoms with Crippen molar-refractivity contribution in [2.24, 2.45) is 0 Å². The number of hydrogen-bond acceptors (Lipinski definition) is 6. The first-order chi connectivity index (χ1) is 15.7. The van der Waals surface area contributed by atoms with Crippen molar-refractivity contribution in [3.63, 3.8) is 0 Å². The number of benzene rings is 3. The van der Waals surface area contributed by atoms with Gasteiger partial charge in [-0.2, -0.15) is 5.26 Å². The Bertz CT molecular complexity index is 1340. The lowest BCUT2D eigenvalue weighted by molar-refractivity contribution is 0.415. The van der Waals surface area contributed by atoms with E-state index in [2.05, 4.69) is 58.1 Å². The molecule has 0 unspecified atom stereocenters. The van der Waals surface area contributed by atoms with Crippen LogP contribution < -0.4 is 15.4 Å². The van der Waals surface area contributed by atoms with Crippen molar-refractivity contribution in [1.82, 2.24) is 15.3 Å². The molecule has 0 atom stereocenters. The number of ether oxygens (including phenoxy) is 1. The maximum Gasteiger partial charge on any atom is 0.227 e. The van der Waals surface area contributed by atoms with E-state index in [4.69, 9.17) is 15.0 Å². The van der Waals surface area contributed by atoms with Crippen LogP contribution in [0.2, 0.25) is 0 Å². The fourth-order valence-electron chi connectivity index (χ4n) is 4.11. The zero-order valence-electron chi connectivity index (χ0n) is 17.9. The molecule has 1 aliphatic rings. The fourth-order valence-corrected chi connectivity index (χ4v) is 4.11. The van der Waals surface area contributed by atoms with E-state index in [0.717, 1.165) is 58.5 Å². The minimum absolute atomic E-state index is 0.399. The standard InChI is InChI=1S/C26H23N5O/c1-32-25-14-20-8-10-28-15-22(20)13-24(25)31-26-29-16-21-6-5-19(12-23(21)30-26)18-4-2-3-17(11-18)7-9-27/h2-6,11-14,16,28H,7-8,10,15H2,1H3,(H,29,30,31). The van der Waals surface area contributed by atoms with E-state index in [1.165, 1.54) is 11.1 Å². The first kappa shape index (κ1) is 20.0. The third-order valence-corrected chi connectivity index (χ3v) is 5.78. The lowest BCUT2D eigenvalue weighted by Crippen LogP contribution is -2.23. The highest BCUT2D eigenvalue weighted by Gasteiger charge is 2.15. The minimum atomic E-state index is 0.399. The monoisotopic (exact) mass is 421 g/mol. The van der Waals surface area contributed by atoms with E-state index in [1.807, 2.05) is 24.4 Å². The molecule has 0 fully saturated rings. The maximum absolute atomic E-state index is 8.99. The van der Waals surface area contributed by atoms with Gasteiger partial charge in [0.2, 0.25) is 5.95 Å². The Balaban J connectivity index is 1.48. The van der Waals surface area contributed by atoms with E-state index in [9.17, 15) is 0 Å². The Morgan fingerprint density at radius 1 is 1.09 bits per heavy atom. The highest BCUT2D eigenvalue weighted by atomic mass is 16.5. The normalized spacial score (nSPS) is 12.8. The average Bonchev–Trinajstić information content (AvgIpc) is 2.83. The highest BCUT2D eigenvalue weighted by molar-refractivity contribution is 5.85. The Hall–Kier alpha value is -3.95. The van der Waals surface area contributed by atoms with E-state index in [0.29, 0.717) is 12.4 Å². The number of rotatable bonds is 5. The van der Waals surface area contributed by atoms with Crippen LogP contribution in [0.1, 0.15) is 16.7 Å². The Kier molecular flexibility index (Phi) is 5.40. The minimum Gasteiger partial charge on any atom is -0.495 e. The summed E-state index contributed by atoms with van der Waals surface area (Å²) in [4.78, 5) is 9.26. The molecule has 32 heavy (non-hydrogen) atoms. The molecule has 6 heteroatoms. The van der Waals surface area contributed by atoms with Gasteiger partial charge in [-0.1, -0.05) is 36.4 Å². The van der Waals surface area contributed by atoms with E-state index in [-0.39, 0.29) is 0 Å². The van der Waals surface area contributed by atoms with Gasteiger partial charge in [-0.25, -0.2) is 9.97 Å². The van der Waals surface area contributed by atoms with Crippen molar-refractivity contribution < 1.29 is 4.74 Å². The number of aromatic nitrogens is 2. The molecular weight excluding hydrogens is 398 g/mol. The molecule has 0 saturated heterocycles. The lowest BCUT2D eigenvalue weighted by atomic mass is 10.00. The number of nitrogens with one attached hydrogen (secondary N) is 2. The van der Waals surface area contributed by atoms with Gasteiger partial charge >= 0.3 is 0 Å². The zero-order chi connectivity index (χ0) is 21.9. The first-order valence-corrected chi connectivity index (χ1v) is 10.6. The van der Waals surface area contributed by atoms with Crippen LogP contribution in [0.15, 0.2) is 60.8 Å². The molecule has 3 aromatic carbocycles. The van der Waals surface area contributed by atoms with Crippen LogP contribution in [0.5, 0.6) is 5.75 Å². The molecule has 4 aromatic rings. The molecule has 0 spiro atoms. The summed E-state index contributed by atoms with van der Waals surface area (Å²) in [6.07, 6.45) is 3.22. The molecule has 0 radical (unpaired) electrons. The van der Waals surface area contributed by atoms with Crippen LogP contribution in [0.25, 0.3) is 22.0 Å². The van der Waals surface area contributed by atoms with Crippen molar-refractivity contribution in [2.75, 3.05) is 19.0 Å². The third-order valence-electron chi connectivity index (χ3n) is 5.78. The summed E-state index contributed by atoms with van der Waals surface area (Å²) in [5, 5.41) is 16.7. The average molecular weight is 422 g/mol. The number of anilines is 2. The van der Waals surface area contributed by atoms with E-state index in [1.54, 1.807) is 7.11 Å². The number of nitriles is 1. The molecule has 1 aliphatic heterocycles. The van der Waals surface area contributed by atoms with Crippen LogP contribution in [-0.2, 0) is 19.4 Å². The Morgan fingerprint density at radius 3 is 2.88 bits per heavy atom. The molecule has 0 saturated carbocycles. The molecule has 158 valence electrons. The summed E-state index contributed by atoms with van der Waals surface area (Å²) in [5.74, 6) is 1.31. The van der Waals surface area contributed by atoms with Gasteiger partial charge in [-0.3, -0.25) is 0 Å². The molecule has 2 heterocycles. The molecule has 0 bridgehead atoms. The highest BCUT2D eigenvalue weighted by Crippen LogP contribution is 2.32. The Labute approximate surface area is 186 Å². The fraction of sp³-hybridized carbons (Fsp3) is 0.192. The Morgan fingerprint density at radius 2 is 2.00 bits per heavy atom. The van der Waals surface area contributed by atoms with Gasteiger partial charge in [0.05, 0.1) is 30.8 Å². The van der Waals surface area contributed by atoms with Gasteiger partial charge in [-0.05, 0) is 59.0 Å². The number of fused-ring (bicyclic) bond motifs is 2. The quantitative estimate of drug-likeness (QED) is 0.483. The predicted molar refractivity (Wildman–Crippen MR) is 126 cm³/mol. The number of nitrogens with zero attached hydrogens (tertiary/aromatic N) is 3. The molecule has 0 amide bonds. The summed E-state index contributed by atoms with van der Waals surface area (Å²) >= 11 is 0. The van der Waals surface area contributed by atoms with Crippen molar-refractivity contribution in [3.8, 4) is 22.9 Å².